The summed E-state index contributed by atoms with van der Waals surface area (Å²) in [4.78, 5) is 40.6. The Hall–Kier alpha value is -3.84. The van der Waals surface area contributed by atoms with Crippen molar-refractivity contribution in [3.05, 3.63) is 115 Å². The molecule has 0 aromatic carbocycles. The number of hydrogen-bond donors (Lipinski definition) is 3. The SMILES string of the molecule is C=C(I)N(CC(/C=C/C(C)=C(\C)CC)=C/C=C/F)/C(=N\C(=O)NCc1cc2ccsc2[nH]c1=O)NC(C)C1=C/C(=N/C)C(C=CC(C)CC)C1. The molecule has 8 nitrogen and oxygen atoms in total. The quantitative estimate of drug-likeness (QED) is 0.0442. The molecule has 0 aliphatic heterocycles. The van der Waals surface area contributed by atoms with Crippen LogP contribution in [0.5, 0.6) is 0 Å². The summed E-state index contributed by atoms with van der Waals surface area (Å²) in [6.45, 7) is 17.1. The zero-order valence-corrected chi connectivity index (χ0v) is 33.1. The minimum absolute atomic E-state index is 0.000713. The van der Waals surface area contributed by atoms with Gasteiger partial charge in [0.25, 0.3) is 5.56 Å². The van der Waals surface area contributed by atoms with Crippen LogP contribution in [0.15, 0.2) is 114 Å². The Labute approximate surface area is 313 Å². The van der Waals surface area contributed by atoms with Crippen molar-refractivity contribution in [2.45, 2.75) is 73.4 Å². The number of aromatic amines is 1. The van der Waals surface area contributed by atoms with Crippen molar-refractivity contribution >= 4 is 61.8 Å². The lowest BCUT2D eigenvalue weighted by molar-refractivity contribution is 0.248. The Morgan fingerprint density at radius 1 is 1.28 bits per heavy atom. The number of rotatable bonds is 14. The molecule has 3 rings (SSSR count). The van der Waals surface area contributed by atoms with E-state index in [0.717, 1.165) is 51.9 Å². The molecule has 0 bridgehead atoms. The lowest BCUT2D eigenvalue weighted by Crippen LogP contribution is -2.46. The molecule has 0 radical (unpaired) electrons. The number of nitrogens with zero attached hydrogens (tertiary/aromatic N) is 3. The largest absolute Gasteiger partial charge is 0.349 e. The van der Waals surface area contributed by atoms with Crippen LogP contribution in [0.3, 0.4) is 0 Å². The third-order valence-corrected chi connectivity index (χ3v) is 10.3. The van der Waals surface area contributed by atoms with E-state index in [1.54, 1.807) is 17.0 Å². The fourth-order valence-corrected chi connectivity index (χ4v) is 6.34. The van der Waals surface area contributed by atoms with Gasteiger partial charge in [-0.1, -0.05) is 75.3 Å². The molecule has 3 N–H and O–H groups in total. The average molecular weight is 813 g/mol. The number of carbonyl (C=O) groups excluding carboxylic acids is 1. The van der Waals surface area contributed by atoms with E-state index in [1.807, 2.05) is 44.5 Å². The van der Waals surface area contributed by atoms with Crippen molar-refractivity contribution in [1.82, 2.24) is 20.5 Å². The zero-order valence-electron chi connectivity index (χ0n) is 30.1. The number of pyridine rings is 1. The van der Waals surface area contributed by atoms with Gasteiger partial charge in [-0.25, -0.2) is 9.18 Å². The number of fused-ring (bicyclic) bond motifs is 1. The molecule has 2 heterocycles. The van der Waals surface area contributed by atoms with Gasteiger partial charge in [-0.3, -0.25) is 9.79 Å². The van der Waals surface area contributed by atoms with Gasteiger partial charge in [-0.15, -0.1) is 11.3 Å². The van der Waals surface area contributed by atoms with E-state index in [4.69, 9.17) is 0 Å². The van der Waals surface area contributed by atoms with Gasteiger partial charge in [-0.2, -0.15) is 4.99 Å². The van der Waals surface area contributed by atoms with Crippen LogP contribution in [-0.2, 0) is 6.54 Å². The van der Waals surface area contributed by atoms with E-state index in [-0.39, 0.29) is 36.6 Å². The Kier molecular flexibility index (Phi) is 16.3. The van der Waals surface area contributed by atoms with Crippen molar-refractivity contribution in [3.8, 4) is 0 Å². The van der Waals surface area contributed by atoms with Crippen molar-refractivity contribution in [1.29, 1.82) is 0 Å². The number of aliphatic imine (C=N–C) groups is 2. The minimum atomic E-state index is -0.625. The summed E-state index contributed by atoms with van der Waals surface area (Å²) in [6.07, 6.45) is 16.8. The highest BCUT2D eigenvalue weighted by Crippen LogP contribution is 2.28. The van der Waals surface area contributed by atoms with Crippen LogP contribution in [-0.4, -0.2) is 47.2 Å². The monoisotopic (exact) mass is 812 g/mol. The maximum Gasteiger partial charge on any atom is 0.344 e. The molecule has 0 fully saturated rings. The topological polar surface area (TPSA) is 102 Å². The first-order chi connectivity index (χ1) is 23.9. The number of hydrogen-bond acceptors (Lipinski definition) is 4. The van der Waals surface area contributed by atoms with Crippen LogP contribution < -0.4 is 16.2 Å². The minimum Gasteiger partial charge on any atom is -0.349 e. The molecule has 2 amide bonds. The van der Waals surface area contributed by atoms with Crippen molar-refractivity contribution < 1.29 is 9.18 Å². The van der Waals surface area contributed by atoms with Crippen LogP contribution in [0.2, 0.25) is 0 Å². The lowest BCUT2D eigenvalue weighted by Gasteiger charge is -2.29. The predicted molar refractivity (Wildman–Crippen MR) is 219 cm³/mol. The highest BCUT2D eigenvalue weighted by atomic mass is 127. The number of allylic oxidation sites excluding steroid dienone is 8. The van der Waals surface area contributed by atoms with Gasteiger partial charge in [0.15, 0.2) is 0 Å². The zero-order chi connectivity index (χ0) is 36.8. The number of aromatic nitrogens is 1. The van der Waals surface area contributed by atoms with E-state index < -0.39 is 6.03 Å². The number of carbonyl (C=O) groups is 1. The second-order valence-corrected chi connectivity index (χ2v) is 14.6. The van der Waals surface area contributed by atoms with Gasteiger partial charge in [0, 0.05) is 35.7 Å². The lowest BCUT2D eigenvalue weighted by atomic mass is 9.98. The molecule has 0 saturated heterocycles. The van der Waals surface area contributed by atoms with Gasteiger partial charge < -0.3 is 20.5 Å². The molecule has 0 spiro atoms. The van der Waals surface area contributed by atoms with Crippen molar-refractivity contribution in [2.24, 2.45) is 21.8 Å². The molecule has 2 aromatic heterocycles. The Morgan fingerprint density at radius 2 is 2.04 bits per heavy atom. The number of H-pyrrole nitrogens is 1. The first kappa shape index (κ1) is 40.6. The van der Waals surface area contributed by atoms with E-state index in [9.17, 15) is 14.0 Å². The molecular formula is C39H50FIN6O2S. The summed E-state index contributed by atoms with van der Waals surface area (Å²) in [5, 5.41) is 9.07. The number of urea groups is 1. The Morgan fingerprint density at radius 3 is 2.70 bits per heavy atom. The molecular weight excluding hydrogens is 762 g/mol. The summed E-state index contributed by atoms with van der Waals surface area (Å²) in [5.41, 5.74) is 5.44. The highest BCUT2D eigenvalue weighted by Gasteiger charge is 2.27. The summed E-state index contributed by atoms with van der Waals surface area (Å²) in [6, 6.07) is 2.86. The molecule has 1 aliphatic rings. The number of nitrogens with one attached hydrogen (secondary N) is 3. The molecule has 1 aliphatic carbocycles. The van der Waals surface area contributed by atoms with Crippen LogP contribution in [0, 0.1) is 11.8 Å². The van der Waals surface area contributed by atoms with Gasteiger partial charge in [0.05, 0.1) is 23.1 Å². The molecule has 268 valence electrons. The fourth-order valence-electron chi connectivity index (χ4n) is 5.17. The number of halogens is 2. The average Bonchev–Trinajstić information content (AvgIpc) is 3.74. The second-order valence-electron chi connectivity index (χ2n) is 12.4. The number of amides is 2. The van der Waals surface area contributed by atoms with Gasteiger partial charge in [0.1, 0.15) is 4.83 Å². The molecule has 3 unspecified atom stereocenters. The third-order valence-electron chi connectivity index (χ3n) is 8.85. The van der Waals surface area contributed by atoms with E-state index in [1.165, 1.54) is 23.0 Å². The van der Waals surface area contributed by atoms with Crippen molar-refractivity contribution in [3.63, 3.8) is 0 Å². The first-order valence-electron chi connectivity index (χ1n) is 16.9. The summed E-state index contributed by atoms with van der Waals surface area (Å²) >= 11 is 3.55. The van der Waals surface area contributed by atoms with Crippen molar-refractivity contribution in [2.75, 3.05) is 13.6 Å². The number of guanidine groups is 1. The van der Waals surface area contributed by atoms with E-state index >= 15 is 0 Å². The van der Waals surface area contributed by atoms with Crippen LogP contribution >= 0.6 is 33.9 Å². The standard InChI is InChI=1S/C39H50FIN6O2S/c1-9-25(3)13-16-31-20-33(22-35(31)42-8)28(6)44-38(46-39(49)43-23-34-21-32-17-19-50-37(32)45-36(34)48)47(29(7)41)24-30(12-11-18-40)15-14-27(5)26(4)10-2/h11-19,21-22,25,28,31H,7,9-10,20,23-24H2,1-6,8H3,(H,45,48)(H2,43,44,46,49)/b15-14+,16-13?,18-11+,27-26+,30-12+,42-35-. The molecule has 50 heavy (non-hydrogen) atoms. The molecule has 3 atom stereocenters. The van der Waals surface area contributed by atoms with Crippen LogP contribution in [0.1, 0.15) is 66.4 Å². The van der Waals surface area contributed by atoms with Crippen LogP contribution in [0.4, 0.5) is 9.18 Å². The second kappa shape index (κ2) is 20.1. The predicted octanol–water partition coefficient (Wildman–Crippen LogP) is 9.67. The Balaban J connectivity index is 1.97. The summed E-state index contributed by atoms with van der Waals surface area (Å²) in [7, 11) is 1.81. The number of thiophene rings is 1. The summed E-state index contributed by atoms with van der Waals surface area (Å²) in [5.74, 6) is 0.914. The normalized spacial score (nSPS) is 18.3. The van der Waals surface area contributed by atoms with E-state index in [2.05, 4.69) is 101 Å². The molecule has 2 aromatic rings. The maximum atomic E-state index is 13.4. The molecule has 11 heteroatoms. The van der Waals surface area contributed by atoms with Gasteiger partial charge in [0.2, 0.25) is 5.96 Å². The fraction of sp³-hybridized carbons (Fsp3) is 0.385. The smallest absolute Gasteiger partial charge is 0.344 e. The maximum absolute atomic E-state index is 13.4. The third kappa shape index (κ3) is 11.9. The summed E-state index contributed by atoms with van der Waals surface area (Å²) < 4.78 is 13.8. The Bertz CT molecular complexity index is 1830. The molecule has 0 saturated carbocycles. The van der Waals surface area contributed by atoms with Crippen LogP contribution in [0.25, 0.3) is 10.2 Å². The van der Waals surface area contributed by atoms with Gasteiger partial charge in [-0.05, 0) is 103 Å². The first-order valence-corrected chi connectivity index (χ1v) is 18.9. The highest BCUT2D eigenvalue weighted by molar-refractivity contribution is 14.1. The van der Waals surface area contributed by atoms with Gasteiger partial charge >= 0.3 is 6.03 Å². The van der Waals surface area contributed by atoms with E-state index in [0.29, 0.717) is 21.5 Å².